The van der Waals surface area contributed by atoms with Gasteiger partial charge in [0.2, 0.25) is 0 Å². The molecule has 0 amide bonds. The van der Waals surface area contributed by atoms with Gasteiger partial charge in [0.05, 0.1) is 0 Å². The fraction of sp³-hybridized carbons (Fsp3) is 0.583. The average Bonchev–Trinajstić information content (AvgIpc) is 2.02. The van der Waals surface area contributed by atoms with Gasteiger partial charge in [0.1, 0.15) is 0 Å². The van der Waals surface area contributed by atoms with Crippen molar-refractivity contribution in [3.05, 3.63) is 24.5 Å². The van der Waals surface area contributed by atoms with Crippen molar-refractivity contribution in [1.82, 2.24) is 0 Å². The molecule has 0 bridgehead atoms. The second-order valence-corrected chi connectivity index (χ2v) is 5.18. The van der Waals surface area contributed by atoms with Crippen molar-refractivity contribution in [2.75, 3.05) is 19.0 Å². The molecule has 0 aliphatic heterocycles. The fourth-order valence-corrected chi connectivity index (χ4v) is 1.40. The first kappa shape index (κ1) is 14.2. The highest BCUT2D eigenvalue weighted by molar-refractivity contribution is 5.41. The van der Waals surface area contributed by atoms with E-state index < -0.39 is 0 Å². The first-order chi connectivity index (χ1) is 6.38. The molecule has 0 saturated heterocycles. The number of aromatic nitrogens is 1. The van der Waals surface area contributed by atoms with Crippen LogP contribution in [0.5, 0.6) is 0 Å². The Morgan fingerprint density at radius 3 is 1.93 bits per heavy atom. The van der Waals surface area contributed by atoms with E-state index in [1.54, 1.807) is 0 Å². The lowest BCUT2D eigenvalue weighted by Gasteiger charge is -2.14. The van der Waals surface area contributed by atoms with Crippen LogP contribution in [0.25, 0.3) is 0 Å². The molecule has 0 atom stereocenters. The van der Waals surface area contributed by atoms with Gasteiger partial charge < -0.3 is 17.3 Å². The van der Waals surface area contributed by atoms with E-state index in [4.69, 9.17) is 0 Å². The van der Waals surface area contributed by atoms with Crippen LogP contribution in [-0.4, -0.2) is 14.1 Å². The van der Waals surface area contributed by atoms with Crippen LogP contribution in [-0.2, 0) is 6.54 Å². The third-order valence-electron chi connectivity index (χ3n) is 2.05. The molecule has 0 aliphatic carbocycles. The molecule has 0 unspecified atom stereocenters. The topological polar surface area (TPSA) is 7.12 Å². The minimum atomic E-state index is 0. The van der Waals surface area contributed by atoms with Crippen molar-refractivity contribution < 1.29 is 17.0 Å². The summed E-state index contributed by atoms with van der Waals surface area (Å²) in [6.45, 7) is 7.81. The van der Waals surface area contributed by atoms with Gasteiger partial charge >= 0.3 is 0 Å². The smallest absolute Gasteiger partial charge is 0.170 e. The second kappa shape index (κ2) is 5.36. The average molecular weight is 229 g/mol. The summed E-state index contributed by atoms with van der Waals surface area (Å²) in [5.41, 5.74) is 1.58. The van der Waals surface area contributed by atoms with Crippen molar-refractivity contribution in [2.24, 2.45) is 5.41 Å². The van der Waals surface area contributed by atoms with Crippen LogP contribution in [0.3, 0.4) is 0 Å². The molecule has 0 N–H and O–H groups in total. The van der Waals surface area contributed by atoms with E-state index in [0.717, 1.165) is 6.54 Å². The Bertz CT molecular complexity index is 285. The standard InChI is InChI=1S/C12H21N2.ClH/c1-12(2,3)10-14-8-6-11(7-9-14)13(4)5;/h6-9H,10H2,1-5H3;1H/q+1;/p-1. The van der Waals surface area contributed by atoms with Crippen molar-refractivity contribution in [3.8, 4) is 0 Å². The van der Waals surface area contributed by atoms with Crippen LogP contribution in [0.1, 0.15) is 20.8 Å². The quantitative estimate of drug-likeness (QED) is 0.595. The Morgan fingerprint density at radius 2 is 1.60 bits per heavy atom. The third kappa shape index (κ3) is 5.03. The molecule has 15 heavy (non-hydrogen) atoms. The zero-order valence-corrected chi connectivity index (χ0v) is 11.0. The number of anilines is 1. The van der Waals surface area contributed by atoms with E-state index in [1.165, 1.54) is 5.69 Å². The largest absolute Gasteiger partial charge is 1.00 e. The van der Waals surface area contributed by atoms with E-state index in [1.807, 2.05) is 0 Å². The molecule has 0 fully saturated rings. The SMILES string of the molecule is CN(C)c1cc[n+](CC(C)(C)C)cc1.[Cl-]. The minimum absolute atomic E-state index is 0. The molecule has 0 aliphatic rings. The van der Waals surface area contributed by atoms with Gasteiger partial charge in [0, 0.05) is 37.3 Å². The summed E-state index contributed by atoms with van der Waals surface area (Å²) in [6, 6.07) is 4.29. The van der Waals surface area contributed by atoms with Gasteiger partial charge in [-0.25, -0.2) is 4.57 Å². The minimum Gasteiger partial charge on any atom is -1.00 e. The number of hydrogen-bond acceptors (Lipinski definition) is 1. The highest BCUT2D eigenvalue weighted by Gasteiger charge is 2.16. The first-order valence-corrected chi connectivity index (χ1v) is 5.05. The van der Waals surface area contributed by atoms with E-state index in [2.05, 4.69) is 68.9 Å². The third-order valence-corrected chi connectivity index (χ3v) is 2.05. The van der Waals surface area contributed by atoms with Gasteiger partial charge in [-0.2, -0.15) is 0 Å². The summed E-state index contributed by atoms with van der Waals surface area (Å²) in [5, 5.41) is 0. The van der Waals surface area contributed by atoms with Crippen LogP contribution in [0.4, 0.5) is 5.69 Å². The highest BCUT2D eigenvalue weighted by Crippen LogP contribution is 2.13. The van der Waals surface area contributed by atoms with E-state index in [9.17, 15) is 0 Å². The maximum absolute atomic E-state index is 2.25. The number of halogens is 1. The monoisotopic (exact) mass is 228 g/mol. The van der Waals surface area contributed by atoms with Gasteiger partial charge in [-0.3, -0.25) is 0 Å². The van der Waals surface area contributed by atoms with Gasteiger partial charge in [-0.05, 0) is 0 Å². The van der Waals surface area contributed by atoms with Crippen molar-refractivity contribution in [1.29, 1.82) is 0 Å². The van der Waals surface area contributed by atoms with E-state index in [-0.39, 0.29) is 12.4 Å². The highest BCUT2D eigenvalue weighted by atomic mass is 35.5. The van der Waals surface area contributed by atoms with Gasteiger partial charge in [0.15, 0.2) is 18.9 Å². The Kier molecular flexibility index (Phi) is 5.09. The number of rotatable bonds is 2. The molecule has 0 spiro atoms. The molecule has 0 saturated carbocycles. The normalized spacial score (nSPS) is 10.7. The summed E-state index contributed by atoms with van der Waals surface area (Å²) in [4.78, 5) is 2.11. The second-order valence-electron chi connectivity index (χ2n) is 5.18. The predicted octanol–water partition coefficient (Wildman–Crippen LogP) is -0.910. The molecular formula is C12H21ClN2. The molecule has 3 heteroatoms. The summed E-state index contributed by atoms with van der Waals surface area (Å²) < 4.78 is 2.23. The molecule has 1 rings (SSSR count). The number of nitrogens with zero attached hydrogens (tertiary/aromatic N) is 2. The van der Waals surface area contributed by atoms with Crippen LogP contribution in [0.2, 0.25) is 0 Å². The molecule has 86 valence electrons. The lowest BCUT2D eigenvalue weighted by Crippen LogP contribution is -3.00. The lowest BCUT2D eigenvalue weighted by atomic mass is 9.97. The van der Waals surface area contributed by atoms with Crippen molar-refractivity contribution >= 4 is 5.69 Å². The Morgan fingerprint density at radius 1 is 1.13 bits per heavy atom. The molecule has 1 aromatic rings. The van der Waals surface area contributed by atoms with Gasteiger partial charge in [-0.1, -0.05) is 20.8 Å². The molecule has 0 aromatic carbocycles. The van der Waals surface area contributed by atoms with E-state index in [0.29, 0.717) is 5.41 Å². The summed E-state index contributed by atoms with van der Waals surface area (Å²) >= 11 is 0. The summed E-state index contributed by atoms with van der Waals surface area (Å²) in [7, 11) is 4.12. The van der Waals surface area contributed by atoms with Crippen LogP contribution >= 0.6 is 0 Å². The lowest BCUT2D eigenvalue weighted by molar-refractivity contribution is -0.708. The van der Waals surface area contributed by atoms with Crippen LogP contribution in [0.15, 0.2) is 24.5 Å². The zero-order valence-electron chi connectivity index (χ0n) is 10.3. The van der Waals surface area contributed by atoms with Crippen molar-refractivity contribution in [2.45, 2.75) is 27.3 Å². The van der Waals surface area contributed by atoms with Crippen LogP contribution in [0, 0.1) is 5.41 Å². The zero-order chi connectivity index (χ0) is 10.8. The predicted molar refractivity (Wildman–Crippen MR) is 60.4 cm³/mol. The number of hydrogen-bond donors (Lipinski definition) is 0. The molecule has 0 radical (unpaired) electrons. The molecule has 1 aromatic heterocycles. The summed E-state index contributed by atoms with van der Waals surface area (Å²) in [5.74, 6) is 0. The van der Waals surface area contributed by atoms with Gasteiger partial charge in [0.25, 0.3) is 0 Å². The maximum Gasteiger partial charge on any atom is 0.170 e. The maximum atomic E-state index is 2.25. The summed E-state index contributed by atoms with van der Waals surface area (Å²) in [6.07, 6.45) is 4.28. The first-order valence-electron chi connectivity index (χ1n) is 5.05. The molecule has 1 heterocycles. The Hall–Kier alpha value is -0.760. The van der Waals surface area contributed by atoms with Crippen LogP contribution < -0.4 is 21.9 Å². The molecular weight excluding hydrogens is 208 g/mol. The molecule has 2 nitrogen and oxygen atoms in total. The van der Waals surface area contributed by atoms with E-state index >= 15 is 0 Å². The fourth-order valence-electron chi connectivity index (χ4n) is 1.40. The number of pyridine rings is 1. The van der Waals surface area contributed by atoms with Gasteiger partial charge in [-0.15, -0.1) is 0 Å². The van der Waals surface area contributed by atoms with Crippen molar-refractivity contribution in [3.63, 3.8) is 0 Å². The Balaban J connectivity index is 0.00000196. The Labute approximate surface area is 99.3 Å².